The average Bonchev–Trinajstić information content (AvgIpc) is 2.43. The topological polar surface area (TPSA) is 20.2 Å². The lowest BCUT2D eigenvalue weighted by Gasteiger charge is -1.97. The average molecular weight is 262 g/mol. The molecule has 0 unspecified atom stereocenters. The van der Waals surface area contributed by atoms with Gasteiger partial charge in [0.15, 0.2) is 0 Å². The normalized spacial score (nSPS) is 9.37. The highest BCUT2D eigenvalue weighted by Gasteiger charge is 1.89. The Morgan fingerprint density at radius 1 is 0.632 bits per heavy atom. The van der Waals surface area contributed by atoms with E-state index in [1.54, 1.807) is 0 Å². The molecule has 0 saturated heterocycles. The second kappa shape index (κ2) is 17.1. The van der Waals surface area contributed by atoms with Crippen LogP contribution in [-0.4, -0.2) is 11.7 Å². The molecule has 0 amide bonds. The van der Waals surface area contributed by atoms with Gasteiger partial charge in [0.2, 0.25) is 0 Å². The van der Waals surface area contributed by atoms with E-state index in [-0.39, 0.29) is 0 Å². The van der Waals surface area contributed by atoms with E-state index in [1.165, 1.54) is 44.9 Å². The molecule has 0 saturated carbocycles. The van der Waals surface area contributed by atoms with E-state index in [2.05, 4.69) is 30.6 Å². The van der Waals surface area contributed by atoms with Crippen molar-refractivity contribution in [2.75, 3.05) is 6.61 Å². The molecule has 0 aliphatic carbocycles. The van der Waals surface area contributed by atoms with Gasteiger partial charge < -0.3 is 5.11 Å². The van der Waals surface area contributed by atoms with Gasteiger partial charge in [-0.3, -0.25) is 0 Å². The van der Waals surface area contributed by atoms with E-state index < -0.39 is 0 Å². The van der Waals surface area contributed by atoms with E-state index >= 15 is 0 Å². The van der Waals surface area contributed by atoms with E-state index in [9.17, 15) is 0 Å². The highest BCUT2D eigenvalue weighted by atomic mass is 16.2. The molecule has 0 radical (unpaired) electrons. The van der Waals surface area contributed by atoms with Crippen molar-refractivity contribution in [3.05, 3.63) is 0 Å². The standard InChI is InChI=1S/C18H30O/c1-2-3-4-5-6-7-8-9-10-11-12-13-14-15-16-17-18-19/h19H,2-5,8,11-18H2,1H3. The summed E-state index contributed by atoms with van der Waals surface area (Å²) in [6.45, 7) is 2.55. The molecular weight excluding hydrogens is 232 g/mol. The van der Waals surface area contributed by atoms with E-state index in [1.807, 2.05) is 0 Å². The Labute approximate surface area is 120 Å². The molecule has 0 aliphatic rings. The molecule has 0 bridgehead atoms. The van der Waals surface area contributed by atoms with E-state index in [4.69, 9.17) is 5.11 Å². The molecule has 0 aliphatic heterocycles. The second-order valence-corrected chi connectivity index (χ2v) is 4.94. The summed E-state index contributed by atoms with van der Waals surface area (Å²) < 4.78 is 0. The van der Waals surface area contributed by atoms with Crippen LogP contribution in [0.4, 0.5) is 0 Å². The highest BCUT2D eigenvalue weighted by molar-refractivity contribution is 5.11. The first-order chi connectivity index (χ1) is 9.41. The van der Waals surface area contributed by atoms with Gasteiger partial charge in [0, 0.05) is 19.4 Å². The molecule has 0 spiro atoms. The molecule has 0 fully saturated rings. The van der Waals surface area contributed by atoms with E-state index in [0.29, 0.717) is 6.61 Å². The van der Waals surface area contributed by atoms with Crippen LogP contribution >= 0.6 is 0 Å². The van der Waals surface area contributed by atoms with Crippen molar-refractivity contribution in [1.82, 2.24) is 0 Å². The maximum atomic E-state index is 8.64. The Kier molecular flexibility index (Phi) is 16.3. The van der Waals surface area contributed by atoms with Crippen LogP contribution in [0.15, 0.2) is 0 Å². The number of aliphatic hydroxyl groups is 1. The quantitative estimate of drug-likeness (QED) is 0.447. The minimum absolute atomic E-state index is 0.338. The van der Waals surface area contributed by atoms with Crippen LogP contribution in [0.2, 0.25) is 0 Å². The fourth-order valence-electron chi connectivity index (χ4n) is 1.84. The van der Waals surface area contributed by atoms with Crippen molar-refractivity contribution in [3.8, 4) is 23.7 Å². The Morgan fingerprint density at radius 2 is 1.16 bits per heavy atom. The summed E-state index contributed by atoms with van der Waals surface area (Å²) >= 11 is 0. The van der Waals surface area contributed by atoms with Crippen molar-refractivity contribution in [2.45, 2.75) is 84.0 Å². The Balaban J connectivity index is 3.21. The molecular formula is C18H30O. The van der Waals surface area contributed by atoms with E-state index in [0.717, 1.165) is 32.1 Å². The lowest BCUT2D eigenvalue weighted by Crippen LogP contribution is -1.83. The summed E-state index contributed by atoms with van der Waals surface area (Å²) in [5.74, 6) is 12.6. The lowest BCUT2D eigenvalue weighted by atomic mass is 10.1. The molecule has 1 N–H and O–H groups in total. The molecule has 0 aromatic heterocycles. The fourth-order valence-corrected chi connectivity index (χ4v) is 1.84. The second-order valence-electron chi connectivity index (χ2n) is 4.94. The lowest BCUT2D eigenvalue weighted by molar-refractivity contribution is 0.282. The monoisotopic (exact) mass is 262 g/mol. The van der Waals surface area contributed by atoms with Crippen molar-refractivity contribution in [1.29, 1.82) is 0 Å². The number of hydrogen-bond acceptors (Lipinski definition) is 1. The van der Waals surface area contributed by atoms with Crippen molar-refractivity contribution in [3.63, 3.8) is 0 Å². The molecule has 19 heavy (non-hydrogen) atoms. The minimum Gasteiger partial charge on any atom is -0.396 e. The zero-order chi connectivity index (χ0) is 14.0. The molecule has 1 nitrogen and oxygen atoms in total. The van der Waals surface area contributed by atoms with Crippen molar-refractivity contribution in [2.24, 2.45) is 0 Å². The third-order valence-corrected chi connectivity index (χ3v) is 3.04. The first-order valence-corrected chi connectivity index (χ1v) is 7.94. The fraction of sp³-hybridized carbons (Fsp3) is 0.778. The van der Waals surface area contributed by atoms with Gasteiger partial charge >= 0.3 is 0 Å². The largest absolute Gasteiger partial charge is 0.396 e. The van der Waals surface area contributed by atoms with Gasteiger partial charge in [-0.1, -0.05) is 57.3 Å². The summed E-state index contributed by atoms with van der Waals surface area (Å²) in [5.41, 5.74) is 0. The zero-order valence-electron chi connectivity index (χ0n) is 12.6. The van der Waals surface area contributed by atoms with Crippen LogP contribution in [0.25, 0.3) is 0 Å². The van der Waals surface area contributed by atoms with Crippen LogP contribution in [-0.2, 0) is 0 Å². The molecule has 0 aromatic rings. The Bertz CT molecular complexity index is 284. The van der Waals surface area contributed by atoms with Crippen LogP contribution in [0.3, 0.4) is 0 Å². The maximum absolute atomic E-state index is 8.64. The van der Waals surface area contributed by atoms with Crippen molar-refractivity contribution < 1.29 is 5.11 Å². The maximum Gasteiger partial charge on any atom is 0.0702 e. The van der Waals surface area contributed by atoms with Gasteiger partial charge in [-0.2, -0.15) is 0 Å². The van der Waals surface area contributed by atoms with Crippen LogP contribution < -0.4 is 0 Å². The smallest absolute Gasteiger partial charge is 0.0702 e. The molecule has 0 heterocycles. The molecule has 0 rings (SSSR count). The summed E-state index contributed by atoms with van der Waals surface area (Å²) in [6, 6.07) is 0. The highest BCUT2D eigenvalue weighted by Crippen LogP contribution is 2.06. The SMILES string of the molecule is CCCCCC#CCC#CCCCCCCCCO. The first-order valence-electron chi connectivity index (χ1n) is 7.94. The van der Waals surface area contributed by atoms with Crippen molar-refractivity contribution >= 4 is 0 Å². The van der Waals surface area contributed by atoms with Gasteiger partial charge in [0.1, 0.15) is 0 Å². The number of aliphatic hydroxyl groups excluding tert-OH is 1. The predicted molar refractivity (Wildman–Crippen MR) is 83.7 cm³/mol. The minimum atomic E-state index is 0.338. The molecule has 1 heteroatoms. The van der Waals surface area contributed by atoms with Crippen LogP contribution in [0, 0.1) is 23.7 Å². The Hall–Kier alpha value is -0.920. The van der Waals surface area contributed by atoms with Gasteiger partial charge in [0.05, 0.1) is 6.42 Å². The number of hydrogen-bond donors (Lipinski definition) is 1. The third-order valence-electron chi connectivity index (χ3n) is 3.04. The Morgan fingerprint density at radius 3 is 1.74 bits per heavy atom. The molecule has 0 aromatic carbocycles. The predicted octanol–water partition coefficient (Wildman–Crippen LogP) is 4.69. The van der Waals surface area contributed by atoms with Gasteiger partial charge in [-0.05, 0) is 19.3 Å². The van der Waals surface area contributed by atoms with Gasteiger partial charge in [-0.15, -0.1) is 11.8 Å². The summed E-state index contributed by atoms with van der Waals surface area (Å²) in [7, 11) is 0. The summed E-state index contributed by atoms with van der Waals surface area (Å²) in [5, 5.41) is 8.64. The van der Waals surface area contributed by atoms with Gasteiger partial charge in [-0.25, -0.2) is 0 Å². The zero-order valence-corrected chi connectivity index (χ0v) is 12.6. The van der Waals surface area contributed by atoms with Crippen LogP contribution in [0.5, 0.6) is 0 Å². The number of unbranched alkanes of at least 4 members (excludes halogenated alkanes) is 9. The summed E-state index contributed by atoms with van der Waals surface area (Å²) in [6.07, 6.45) is 13.7. The molecule has 108 valence electrons. The van der Waals surface area contributed by atoms with Crippen LogP contribution in [0.1, 0.15) is 84.0 Å². The molecule has 0 atom stereocenters. The van der Waals surface area contributed by atoms with Gasteiger partial charge in [0.25, 0.3) is 0 Å². The third kappa shape index (κ3) is 17.1. The summed E-state index contributed by atoms with van der Waals surface area (Å²) in [4.78, 5) is 0. The first kappa shape index (κ1) is 18.1. The number of rotatable bonds is 10.